The van der Waals surface area contributed by atoms with Gasteiger partial charge in [0.15, 0.2) is 0 Å². The van der Waals surface area contributed by atoms with Crippen molar-refractivity contribution in [3.8, 4) is 0 Å². The molecule has 76 valence electrons. The highest BCUT2D eigenvalue weighted by molar-refractivity contribution is 9.10. The molecule has 0 aromatic heterocycles. The van der Waals surface area contributed by atoms with Crippen LogP contribution in [0.1, 0.15) is 5.56 Å². The van der Waals surface area contributed by atoms with Crippen molar-refractivity contribution in [3.05, 3.63) is 28.0 Å². The van der Waals surface area contributed by atoms with Gasteiger partial charge in [-0.05, 0) is 24.6 Å². The number of hydrogen-bond acceptors (Lipinski definition) is 2. The van der Waals surface area contributed by atoms with E-state index >= 15 is 0 Å². The Labute approximate surface area is 89.3 Å². The largest absolute Gasteiger partial charge is 0.369 e. The summed E-state index contributed by atoms with van der Waals surface area (Å²) in [5.41, 5.74) is 8.45. The molecule has 0 aliphatic heterocycles. The monoisotopic (exact) mass is 260 g/mol. The second kappa shape index (κ2) is 4.39. The van der Waals surface area contributed by atoms with Crippen LogP contribution in [0.2, 0.25) is 0 Å². The molecule has 0 spiro atoms. The van der Waals surface area contributed by atoms with E-state index in [2.05, 4.69) is 26.3 Å². The van der Waals surface area contributed by atoms with Crippen LogP contribution in [0.3, 0.4) is 0 Å². The van der Waals surface area contributed by atoms with E-state index in [1.807, 2.05) is 6.92 Å². The third-order valence-corrected chi connectivity index (χ3v) is 2.47. The molecule has 5 N–H and O–H groups in total. The van der Waals surface area contributed by atoms with Crippen molar-refractivity contribution in [2.45, 2.75) is 6.92 Å². The minimum atomic E-state index is -0.458. The quantitative estimate of drug-likeness (QED) is 0.309. The topological polar surface area (TPSA) is 76.4 Å². The van der Waals surface area contributed by atoms with Crippen LogP contribution < -0.4 is 17.0 Å². The average Bonchev–Trinajstić information content (AvgIpc) is 2.14. The van der Waals surface area contributed by atoms with E-state index in [1.54, 1.807) is 6.07 Å². The molecule has 0 unspecified atom stereocenters. The first kappa shape index (κ1) is 10.9. The lowest BCUT2D eigenvalue weighted by molar-refractivity contribution is 0.628. The highest BCUT2D eigenvalue weighted by Crippen LogP contribution is 2.25. The molecule has 0 saturated carbocycles. The SMILES string of the molecule is Cc1cc(N=C(N)NN)c(F)cc1Br. The predicted octanol–water partition coefficient (Wildman–Crippen LogP) is 1.31. The van der Waals surface area contributed by atoms with Crippen molar-refractivity contribution in [1.82, 2.24) is 5.43 Å². The summed E-state index contributed by atoms with van der Waals surface area (Å²) in [7, 11) is 0. The summed E-state index contributed by atoms with van der Waals surface area (Å²) in [4.78, 5) is 3.74. The molecule has 1 rings (SSSR count). The van der Waals surface area contributed by atoms with Gasteiger partial charge in [-0.15, -0.1) is 0 Å². The van der Waals surface area contributed by atoms with Crippen LogP contribution in [0, 0.1) is 12.7 Å². The minimum absolute atomic E-state index is 0.0365. The predicted molar refractivity (Wildman–Crippen MR) is 57.4 cm³/mol. The molecule has 0 bridgehead atoms. The van der Waals surface area contributed by atoms with E-state index in [1.165, 1.54) is 6.07 Å². The molecule has 0 atom stereocenters. The van der Waals surface area contributed by atoms with Crippen molar-refractivity contribution in [3.63, 3.8) is 0 Å². The third-order valence-electron chi connectivity index (χ3n) is 1.62. The van der Waals surface area contributed by atoms with Gasteiger partial charge in [-0.2, -0.15) is 0 Å². The number of benzene rings is 1. The van der Waals surface area contributed by atoms with Crippen LogP contribution in [-0.4, -0.2) is 5.96 Å². The zero-order chi connectivity index (χ0) is 10.7. The van der Waals surface area contributed by atoms with E-state index in [0.717, 1.165) is 5.56 Å². The van der Waals surface area contributed by atoms with Gasteiger partial charge < -0.3 is 5.73 Å². The van der Waals surface area contributed by atoms with Crippen molar-refractivity contribution in [1.29, 1.82) is 0 Å². The number of aryl methyl sites for hydroxylation is 1. The molecule has 4 nitrogen and oxygen atoms in total. The summed E-state index contributed by atoms with van der Waals surface area (Å²) >= 11 is 3.20. The van der Waals surface area contributed by atoms with Crippen molar-refractivity contribution in [2.75, 3.05) is 0 Å². The zero-order valence-corrected chi connectivity index (χ0v) is 9.10. The van der Waals surface area contributed by atoms with E-state index in [4.69, 9.17) is 11.6 Å². The number of halogens is 2. The molecular formula is C8H10BrFN4. The maximum atomic E-state index is 13.3. The Morgan fingerprint density at radius 1 is 1.57 bits per heavy atom. The van der Waals surface area contributed by atoms with Gasteiger partial charge in [0.1, 0.15) is 11.5 Å². The lowest BCUT2D eigenvalue weighted by atomic mass is 10.2. The van der Waals surface area contributed by atoms with Crippen molar-refractivity contribution >= 4 is 27.6 Å². The first-order chi connectivity index (χ1) is 6.54. The molecule has 0 amide bonds. The van der Waals surface area contributed by atoms with E-state index in [-0.39, 0.29) is 11.6 Å². The maximum absolute atomic E-state index is 13.3. The summed E-state index contributed by atoms with van der Waals surface area (Å²) in [5, 5.41) is 0. The number of guanidine groups is 1. The molecule has 14 heavy (non-hydrogen) atoms. The molecule has 0 heterocycles. The number of nitrogens with one attached hydrogen (secondary N) is 1. The van der Waals surface area contributed by atoms with Gasteiger partial charge in [0.2, 0.25) is 5.96 Å². The number of hydrazine groups is 1. The third kappa shape index (κ3) is 2.43. The molecular weight excluding hydrogens is 251 g/mol. The lowest BCUT2D eigenvalue weighted by Gasteiger charge is -2.03. The van der Waals surface area contributed by atoms with Gasteiger partial charge in [-0.25, -0.2) is 15.2 Å². The molecule has 0 aliphatic rings. The Morgan fingerprint density at radius 3 is 2.79 bits per heavy atom. The number of nitrogens with two attached hydrogens (primary N) is 2. The maximum Gasteiger partial charge on any atom is 0.208 e. The van der Waals surface area contributed by atoms with E-state index in [9.17, 15) is 4.39 Å². The molecule has 6 heteroatoms. The fourth-order valence-corrected chi connectivity index (χ4v) is 1.21. The second-order valence-electron chi connectivity index (χ2n) is 2.69. The Balaban J connectivity index is 3.16. The highest BCUT2D eigenvalue weighted by Gasteiger charge is 2.05. The van der Waals surface area contributed by atoms with E-state index < -0.39 is 5.82 Å². The smallest absolute Gasteiger partial charge is 0.208 e. The lowest BCUT2D eigenvalue weighted by Crippen LogP contribution is -2.36. The molecule has 0 saturated heterocycles. The van der Waals surface area contributed by atoms with Crippen LogP contribution in [0.15, 0.2) is 21.6 Å². The number of hydrogen-bond donors (Lipinski definition) is 3. The van der Waals surface area contributed by atoms with Gasteiger partial charge in [0.25, 0.3) is 0 Å². The summed E-state index contributed by atoms with van der Waals surface area (Å²) in [6.07, 6.45) is 0. The Morgan fingerprint density at radius 2 is 2.21 bits per heavy atom. The van der Waals surface area contributed by atoms with Gasteiger partial charge in [-0.3, -0.25) is 5.43 Å². The Kier molecular flexibility index (Phi) is 3.43. The van der Waals surface area contributed by atoms with Crippen LogP contribution in [0.25, 0.3) is 0 Å². The molecule has 0 radical (unpaired) electrons. The average molecular weight is 261 g/mol. The Bertz CT molecular complexity index is 378. The fourth-order valence-electron chi connectivity index (χ4n) is 0.890. The first-order valence-corrected chi connectivity index (χ1v) is 4.60. The van der Waals surface area contributed by atoms with Gasteiger partial charge >= 0.3 is 0 Å². The standard InChI is InChI=1S/C8H10BrFN4/c1-4-2-7(13-8(11)14-12)6(10)3-5(4)9/h2-3H,12H2,1H3,(H3,11,13,14). The second-order valence-corrected chi connectivity index (χ2v) is 3.55. The zero-order valence-electron chi connectivity index (χ0n) is 7.51. The summed E-state index contributed by atoms with van der Waals surface area (Å²) in [6.45, 7) is 1.83. The van der Waals surface area contributed by atoms with Crippen molar-refractivity contribution in [2.24, 2.45) is 16.6 Å². The summed E-state index contributed by atoms with van der Waals surface area (Å²) < 4.78 is 14.0. The number of rotatable bonds is 1. The van der Waals surface area contributed by atoms with Crippen LogP contribution in [0.4, 0.5) is 10.1 Å². The first-order valence-electron chi connectivity index (χ1n) is 3.81. The van der Waals surface area contributed by atoms with Crippen molar-refractivity contribution < 1.29 is 4.39 Å². The normalized spacial score (nSPS) is 11.6. The summed E-state index contributed by atoms with van der Waals surface area (Å²) in [5.74, 6) is 4.51. The minimum Gasteiger partial charge on any atom is -0.369 e. The van der Waals surface area contributed by atoms with Crippen LogP contribution in [-0.2, 0) is 0 Å². The highest BCUT2D eigenvalue weighted by atomic mass is 79.9. The Hall–Kier alpha value is -1.14. The van der Waals surface area contributed by atoms with Crippen LogP contribution in [0.5, 0.6) is 0 Å². The van der Waals surface area contributed by atoms with Gasteiger partial charge in [-0.1, -0.05) is 15.9 Å². The van der Waals surface area contributed by atoms with Gasteiger partial charge in [0, 0.05) is 4.47 Å². The number of aliphatic imine (C=N–C) groups is 1. The van der Waals surface area contributed by atoms with E-state index in [0.29, 0.717) is 4.47 Å². The number of nitrogens with zero attached hydrogens (tertiary/aromatic N) is 1. The molecule has 1 aromatic rings. The molecule has 1 aromatic carbocycles. The summed E-state index contributed by atoms with van der Waals surface area (Å²) in [6, 6.07) is 2.90. The molecule has 0 fully saturated rings. The van der Waals surface area contributed by atoms with Gasteiger partial charge in [0.05, 0.1) is 0 Å². The fraction of sp³-hybridized carbons (Fsp3) is 0.125. The molecule has 0 aliphatic carbocycles. The van der Waals surface area contributed by atoms with Crippen LogP contribution >= 0.6 is 15.9 Å².